The van der Waals surface area contributed by atoms with Crippen LogP contribution in [-0.4, -0.2) is 29.4 Å². The van der Waals surface area contributed by atoms with Crippen molar-refractivity contribution in [1.82, 2.24) is 4.90 Å². The average molecular weight is 245 g/mol. The summed E-state index contributed by atoms with van der Waals surface area (Å²) >= 11 is 0. The highest BCUT2D eigenvalue weighted by Gasteiger charge is 2.45. The number of hydrogen-bond donors (Lipinski definition) is 1. The van der Waals surface area contributed by atoms with Crippen LogP contribution >= 0.6 is 0 Å². The largest absolute Gasteiger partial charge is 0.369 e. The number of amides is 1. The number of carbonyl (C=O) groups is 1. The van der Waals surface area contributed by atoms with Gasteiger partial charge in [-0.3, -0.25) is 9.69 Å². The van der Waals surface area contributed by atoms with Crippen LogP contribution in [0.4, 0.5) is 0 Å². The van der Waals surface area contributed by atoms with E-state index in [4.69, 9.17) is 5.73 Å². The number of likely N-dealkylation sites (N-methyl/N-ethyl adjacent to an activating group) is 1. The second-order valence-corrected chi connectivity index (χ2v) is 4.78. The number of rotatable bonds is 4. The zero-order valence-electron chi connectivity index (χ0n) is 10.9. The van der Waals surface area contributed by atoms with E-state index in [1.54, 1.807) is 7.05 Å². The standard InChI is InChI=1S/C14H19N3O/c1-3-9-14(10-11-7-5-4-6-8-11)12(18)17(2)13(15)16-14/h4-8H,3,9-10H2,1-2H3,(H2,15,16)/t14-/m1/s1. The molecule has 4 heteroatoms. The molecular weight excluding hydrogens is 226 g/mol. The molecule has 1 atom stereocenters. The summed E-state index contributed by atoms with van der Waals surface area (Å²) in [5.74, 6) is 0.329. The van der Waals surface area contributed by atoms with E-state index in [0.717, 1.165) is 18.4 Å². The van der Waals surface area contributed by atoms with E-state index in [1.807, 2.05) is 30.3 Å². The summed E-state index contributed by atoms with van der Waals surface area (Å²) in [5.41, 5.74) is 6.20. The molecule has 1 aromatic rings. The highest BCUT2D eigenvalue weighted by molar-refractivity contribution is 6.06. The lowest BCUT2D eigenvalue weighted by Crippen LogP contribution is -2.43. The van der Waals surface area contributed by atoms with Crippen molar-refractivity contribution in [2.75, 3.05) is 7.05 Å². The van der Waals surface area contributed by atoms with Crippen LogP contribution in [0.1, 0.15) is 25.3 Å². The van der Waals surface area contributed by atoms with Gasteiger partial charge in [-0.2, -0.15) is 0 Å². The van der Waals surface area contributed by atoms with Gasteiger partial charge in [0.2, 0.25) is 0 Å². The number of benzene rings is 1. The molecule has 4 nitrogen and oxygen atoms in total. The summed E-state index contributed by atoms with van der Waals surface area (Å²) < 4.78 is 0. The highest BCUT2D eigenvalue weighted by atomic mass is 16.2. The minimum atomic E-state index is -0.699. The van der Waals surface area contributed by atoms with E-state index < -0.39 is 5.54 Å². The topological polar surface area (TPSA) is 58.7 Å². The van der Waals surface area contributed by atoms with Gasteiger partial charge in [0, 0.05) is 13.5 Å². The predicted octanol–water partition coefficient (Wildman–Crippen LogP) is 1.55. The summed E-state index contributed by atoms with van der Waals surface area (Å²) in [6.07, 6.45) is 2.25. The van der Waals surface area contributed by atoms with E-state index in [0.29, 0.717) is 12.4 Å². The third kappa shape index (κ3) is 2.10. The maximum absolute atomic E-state index is 12.4. The molecule has 1 aromatic carbocycles. The third-order valence-electron chi connectivity index (χ3n) is 3.38. The van der Waals surface area contributed by atoms with Crippen molar-refractivity contribution < 1.29 is 4.79 Å². The number of aliphatic imine (C=N–C) groups is 1. The number of guanidine groups is 1. The van der Waals surface area contributed by atoms with Gasteiger partial charge in [-0.25, -0.2) is 4.99 Å². The number of nitrogens with two attached hydrogens (primary N) is 1. The van der Waals surface area contributed by atoms with Crippen molar-refractivity contribution in [2.45, 2.75) is 31.7 Å². The van der Waals surface area contributed by atoms with E-state index in [2.05, 4.69) is 11.9 Å². The van der Waals surface area contributed by atoms with Crippen LogP contribution in [0.15, 0.2) is 35.3 Å². The lowest BCUT2D eigenvalue weighted by atomic mass is 9.86. The van der Waals surface area contributed by atoms with Crippen LogP contribution in [0.3, 0.4) is 0 Å². The van der Waals surface area contributed by atoms with Gasteiger partial charge in [-0.15, -0.1) is 0 Å². The molecule has 0 aromatic heterocycles. The molecule has 0 unspecified atom stereocenters. The fourth-order valence-electron chi connectivity index (χ4n) is 2.47. The molecule has 0 bridgehead atoms. The second kappa shape index (κ2) is 4.80. The monoisotopic (exact) mass is 245 g/mol. The molecule has 0 saturated carbocycles. The molecule has 1 amide bonds. The van der Waals surface area contributed by atoms with Crippen molar-refractivity contribution in [3.05, 3.63) is 35.9 Å². The first-order valence-corrected chi connectivity index (χ1v) is 6.26. The molecular formula is C14H19N3O. The Morgan fingerprint density at radius 3 is 2.50 bits per heavy atom. The summed E-state index contributed by atoms with van der Waals surface area (Å²) in [6, 6.07) is 9.97. The normalized spacial score (nSPS) is 23.3. The molecule has 18 heavy (non-hydrogen) atoms. The van der Waals surface area contributed by atoms with Crippen LogP contribution in [0.25, 0.3) is 0 Å². The Morgan fingerprint density at radius 2 is 2.00 bits per heavy atom. The molecule has 1 aliphatic rings. The molecule has 1 heterocycles. The Bertz CT molecular complexity index is 469. The lowest BCUT2D eigenvalue weighted by Gasteiger charge is -2.24. The van der Waals surface area contributed by atoms with Crippen LogP contribution in [-0.2, 0) is 11.2 Å². The van der Waals surface area contributed by atoms with Gasteiger partial charge in [-0.1, -0.05) is 43.7 Å². The van der Waals surface area contributed by atoms with E-state index in [-0.39, 0.29) is 5.91 Å². The highest BCUT2D eigenvalue weighted by Crippen LogP contribution is 2.30. The van der Waals surface area contributed by atoms with Gasteiger partial charge in [0.1, 0.15) is 5.54 Å². The first kappa shape index (κ1) is 12.6. The molecule has 96 valence electrons. The number of hydrogen-bond acceptors (Lipinski definition) is 3. The minimum Gasteiger partial charge on any atom is -0.369 e. The Labute approximate surface area is 108 Å². The fraction of sp³-hybridized carbons (Fsp3) is 0.429. The summed E-state index contributed by atoms with van der Waals surface area (Å²) in [5, 5.41) is 0. The molecule has 0 fully saturated rings. The van der Waals surface area contributed by atoms with Crippen molar-refractivity contribution in [3.63, 3.8) is 0 Å². The molecule has 2 rings (SSSR count). The van der Waals surface area contributed by atoms with Crippen LogP contribution in [0, 0.1) is 0 Å². The van der Waals surface area contributed by atoms with Gasteiger partial charge >= 0.3 is 0 Å². The maximum Gasteiger partial charge on any atom is 0.257 e. The Balaban J connectivity index is 2.32. The maximum atomic E-state index is 12.4. The zero-order valence-corrected chi connectivity index (χ0v) is 10.9. The van der Waals surface area contributed by atoms with Crippen LogP contribution in [0.2, 0.25) is 0 Å². The van der Waals surface area contributed by atoms with E-state index in [1.165, 1.54) is 4.90 Å². The van der Waals surface area contributed by atoms with Crippen LogP contribution < -0.4 is 5.73 Å². The SMILES string of the molecule is CCC[C@]1(Cc2ccccc2)N=C(N)N(C)C1=O. The number of nitrogens with zero attached hydrogens (tertiary/aromatic N) is 2. The van der Waals surface area contributed by atoms with Crippen molar-refractivity contribution in [1.29, 1.82) is 0 Å². The molecule has 0 saturated heterocycles. The van der Waals surface area contributed by atoms with Gasteiger partial charge in [0.25, 0.3) is 5.91 Å². The minimum absolute atomic E-state index is 0.00528. The molecule has 0 spiro atoms. The van der Waals surface area contributed by atoms with Crippen molar-refractivity contribution in [3.8, 4) is 0 Å². The average Bonchev–Trinajstić information content (AvgIpc) is 2.56. The van der Waals surface area contributed by atoms with E-state index in [9.17, 15) is 4.79 Å². The second-order valence-electron chi connectivity index (χ2n) is 4.78. The molecule has 2 N–H and O–H groups in total. The summed E-state index contributed by atoms with van der Waals surface area (Å²) in [4.78, 5) is 18.3. The first-order valence-electron chi connectivity index (χ1n) is 6.26. The van der Waals surface area contributed by atoms with Gasteiger partial charge in [0.05, 0.1) is 0 Å². The van der Waals surface area contributed by atoms with E-state index >= 15 is 0 Å². The molecule has 0 aliphatic carbocycles. The Hall–Kier alpha value is -1.84. The quantitative estimate of drug-likeness (QED) is 0.875. The van der Waals surface area contributed by atoms with Gasteiger partial charge in [-0.05, 0) is 12.0 Å². The smallest absolute Gasteiger partial charge is 0.257 e. The molecule has 0 radical (unpaired) electrons. The Morgan fingerprint density at radius 1 is 1.33 bits per heavy atom. The first-order chi connectivity index (χ1) is 8.59. The van der Waals surface area contributed by atoms with Gasteiger partial charge in [0.15, 0.2) is 5.96 Å². The number of carbonyl (C=O) groups excluding carboxylic acids is 1. The zero-order chi connectivity index (χ0) is 13.2. The van der Waals surface area contributed by atoms with Crippen molar-refractivity contribution >= 4 is 11.9 Å². The third-order valence-corrected chi connectivity index (χ3v) is 3.38. The summed E-state index contributed by atoms with van der Waals surface area (Å²) in [6.45, 7) is 2.06. The summed E-state index contributed by atoms with van der Waals surface area (Å²) in [7, 11) is 1.68. The molecule has 1 aliphatic heterocycles. The lowest BCUT2D eigenvalue weighted by molar-refractivity contribution is -0.130. The fourth-order valence-corrected chi connectivity index (χ4v) is 2.47. The van der Waals surface area contributed by atoms with Crippen molar-refractivity contribution in [2.24, 2.45) is 10.7 Å². The van der Waals surface area contributed by atoms with Crippen LogP contribution in [0.5, 0.6) is 0 Å². The predicted molar refractivity (Wildman–Crippen MR) is 72.2 cm³/mol. The Kier molecular flexibility index (Phi) is 3.36. The van der Waals surface area contributed by atoms with Gasteiger partial charge < -0.3 is 5.73 Å².